The Bertz CT molecular complexity index is 1720. The molecule has 26 heteroatoms. The van der Waals surface area contributed by atoms with Crippen molar-refractivity contribution in [3.8, 4) is 0 Å². The number of rotatable bonds is 29. The minimum absolute atomic E-state index is 0.0168. The van der Waals surface area contributed by atoms with Gasteiger partial charge in [0.05, 0.1) is 32.8 Å². The average Bonchev–Trinajstić information content (AvgIpc) is 3.76. The molecule has 0 spiro atoms. The molecule has 25 nitrogen and oxygen atoms in total. The summed E-state index contributed by atoms with van der Waals surface area (Å²) in [6.07, 6.45) is 2.94. The highest BCUT2D eigenvalue weighted by Crippen LogP contribution is 2.21. The van der Waals surface area contributed by atoms with Gasteiger partial charge in [-0.1, -0.05) is 27.7 Å². The van der Waals surface area contributed by atoms with E-state index in [1.807, 2.05) is 0 Å². The zero-order valence-electron chi connectivity index (χ0n) is 38.5. The monoisotopic (exact) mass is 959 g/mol. The largest absolute Gasteiger partial charge is 0.480 e. The Hall–Kier alpha value is -5.60. The van der Waals surface area contributed by atoms with Gasteiger partial charge in [-0.3, -0.25) is 47.9 Å². The molecule has 1 aliphatic rings. The van der Waals surface area contributed by atoms with Crippen LogP contribution in [0.1, 0.15) is 73.6 Å². The molecular formula is C40H69N11O14S. The molecule has 0 aromatic rings. The SMILES string of the molecule is CSCC[C@H](NC(=O)CNC(=O)[C@H](CO)NC(=O)[C@@H](N)CO)C(=O)N1CCC[C@H]1C(=O)N[C@@H](CC(C)C)C(=O)NCC(=O)N[C@@H](C)C(=O)N[C@@H](C)C(=O)NCC(=O)N[C@@H](CC(C)C)C(=O)O. The van der Waals surface area contributed by atoms with E-state index in [-0.39, 0.29) is 44.1 Å². The van der Waals surface area contributed by atoms with Crippen molar-refractivity contribution in [2.75, 3.05) is 51.4 Å². The molecule has 0 saturated carbocycles. The van der Waals surface area contributed by atoms with Gasteiger partial charge >= 0.3 is 5.97 Å². The molecule has 1 aliphatic heterocycles. The van der Waals surface area contributed by atoms with E-state index < -0.39 is 146 Å². The Morgan fingerprint density at radius 2 is 1.11 bits per heavy atom. The standard InChI is InChI=1S/C40H69N11O14S/c1-20(2)13-26(36(60)43-15-30(54)45-23(6)34(58)46-22(5)33(57)42-16-32(56)48-27(40(64)65)14-21(3)4)49-38(62)29-9-8-11-51(29)39(63)25(10-12-66-7)47-31(55)17-44-37(61)28(19-53)50-35(59)24(41)18-52/h20-29,52-53H,8-19,41H2,1-7H3,(H,42,57)(H,43,60)(H,44,61)(H,45,54)(H,46,58)(H,47,55)(H,48,56)(H,49,62)(H,50,59)(H,64,65)/t22-,23-,24-,25-,26-,27-,28-,29-/m0/s1. The van der Waals surface area contributed by atoms with E-state index in [9.17, 15) is 63.0 Å². The number of nitrogens with zero attached hydrogens (tertiary/aromatic N) is 1. The average molecular weight is 960 g/mol. The Morgan fingerprint density at radius 3 is 1.62 bits per heavy atom. The second-order valence-corrected chi connectivity index (χ2v) is 17.6. The van der Waals surface area contributed by atoms with Gasteiger partial charge in [0.2, 0.25) is 59.1 Å². The van der Waals surface area contributed by atoms with Gasteiger partial charge in [-0.05, 0) is 69.8 Å². The van der Waals surface area contributed by atoms with Crippen molar-refractivity contribution >= 4 is 76.8 Å². The number of nitrogens with two attached hydrogens (primary N) is 1. The highest BCUT2D eigenvalue weighted by Gasteiger charge is 2.39. The maximum Gasteiger partial charge on any atom is 0.326 e. The van der Waals surface area contributed by atoms with Crippen molar-refractivity contribution in [3.63, 3.8) is 0 Å². The molecule has 1 saturated heterocycles. The van der Waals surface area contributed by atoms with E-state index in [0.29, 0.717) is 12.2 Å². The van der Waals surface area contributed by atoms with Crippen LogP contribution in [0.25, 0.3) is 0 Å². The molecule has 374 valence electrons. The van der Waals surface area contributed by atoms with Gasteiger partial charge in [0.15, 0.2) is 0 Å². The first-order chi connectivity index (χ1) is 30.9. The molecular weight excluding hydrogens is 891 g/mol. The predicted octanol–water partition coefficient (Wildman–Crippen LogP) is -5.48. The predicted molar refractivity (Wildman–Crippen MR) is 238 cm³/mol. The number of carboxylic acids is 1. The third-order valence-corrected chi connectivity index (χ3v) is 10.5. The lowest BCUT2D eigenvalue weighted by molar-refractivity contribution is -0.142. The van der Waals surface area contributed by atoms with Crippen molar-refractivity contribution < 1.29 is 68.1 Å². The summed E-state index contributed by atoms with van der Waals surface area (Å²) in [6, 6.07) is -9.58. The molecule has 66 heavy (non-hydrogen) atoms. The van der Waals surface area contributed by atoms with Crippen LogP contribution in [0, 0.1) is 11.8 Å². The molecule has 10 amide bonds. The summed E-state index contributed by atoms with van der Waals surface area (Å²) in [5.74, 6) is -8.54. The van der Waals surface area contributed by atoms with Crippen LogP contribution in [0.15, 0.2) is 0 Å². The molecule has 0 unspecified atom stereocenters. The second-order valence-electron chi connectivity index (χ2n) is 16.6. The first-order valence-electron chi connectivity index (χ1n) is 21.6. The topological polar surface area (TPSA) is 386 Å². The minimum atomic E-state index is -1.48. The number of carbonyl (C=O) groups is 11. The van der Waals surface area contributed by atoms with Gasteiger partial charge in [-0.2, -0.15) is 11.8 Å². The first kappa shape index (κ1) is 58.4. The Labute approximate surface area is 387 Å². The zero-order valence-corrected chi connectivity index (χ0v) is 39.3. The highest BCUT2D eigenvalue weighted by molar-refractivity contribution is 7.98. The fraction of sp³-hybridized carbons (Fsp3) is 0.725. The Morgan fingerprint density at radius 1 is 0.606 bits per heavy atom. The van der Waals surface area contributed by atoms with Crippen LogP contribution in [0.2, 0.25) is 0 Å². The summed E-state index contributed by atoms with van der Waals surface area (Å²) in [4.78, 5) is 141. The Kier molecular flexibility index (Phi) is 26.4. The Balaban J connectivity index is 2.83. The lowest BCUT2D eigenvalue weighted by Crippen LogP contribution is -2.58. The number of amides is 10. The van der Waals surface area contributed by atoms with Gasteiger partial charge in [0.1, 0.15) is 48.3 Å². The van der Waals surface area contributed by atoms with Crippen molar-refractivity contribution in [2.24, 2.45) is 17.6 Å². The molecule has 1 fully saturated rings. The van der Waals surface area contributed by atoms with Crippen LogP contribution in [-0.2, 0) is 52.7 Å². The molecule has 8 atom stereocenters. The summed E-state index contributed by atoms with van der Waals surface area (Å²) in [6.45, 7) is 6.67. The summed E-state index contributed by atoms with van der Waals surface area (Å²) in [5.41, 5.74) is 5.42. The maximum absolute atomic E-state index is 13.9. The lowest BCUT2D eigenvalue weighted by Gasteiger charge is -2.30. The first-order valence-corrected chi connectivity index (χ1v) is 23.0. The number of aliphatic hydroxyl groups excluding tert-OH is 2. The van der Waals surface area contributed by atoms with Crippen LogP contribution < -0.4 is 53.6 Å². The third kappa shape index (κ3) is 21.1. The fourth-order valence-electron chi connectivity index (χ4n) is 6.37. The number of carbonyl (C=O) groups excluding carboxylic acids is 10. The van der Waals surface area contributed by atoms with Crippen LogP contribution in [-0.4, -0.2) is 185 Å². The van der Waals surface area contributed by atoms with E-state index in [1.165, 1.54) is 30.5 Å². The van der Waals surface area contributed by atoms with Crippen LogP contribution in [0.5, 0.6) is 0 Å². The van der Waals surface area contributed by atoms with Gasteiger partial charge in [0.25, 0.3) is 0 Å². The van der Waals surface area contributed by atoms with Crippen molar-refractivity contribution in [3.05, 3.63) is 0 Å². The summed E-state index contributed by atoms with van der Waals surface area (Å²) >= 11 is 1.40. The van der Waals surface area contributed by atoms with Crippen molar-refractivity contribution in [2.45, 2.75) is 122 Å². The molecule has 0 aliphatic carbocycles. The molecule has 1 heterocycles. The number of hydrogen-bond acceptors (Lipinski definition) is 15. The molecule has 14 N–H and O–H groups in total. The van der Waals surface area contributed by atoms with Gasteiger partial charge in [-0.25, -0.2) is 4.79 Å². The number of carboxylic acid groups (broad SMARTS) is 1. The molecule has 0 radical (unpaired) electrons. The molecule has 0 bridgehead atoms. The number of thioether (sulfide) groups is 1. The van der Waals surface area contributed by atoms with Crippen LogP contribution >= 0.6 is 11.8 Å². The number of aliphatic carboxylic acids is 1. The summed E-state index contributed by atoms with van der Waals surface area (Å²) < 4.78 is 0. The number of likely N-dealkylation sites (tertiary alicyclic amines) is 1. The second kappa shape index (κ2) is 29.8. The van der Waals surface area contributed by atoms with E-state index in [0.717, 1.165) is 0 Å². The summed E-state index contributed by atoms with van der Waals surface area (Å²) in [7, 11) is 0. The number of aliphatic hydroxyl groups is 2. The maximum atomic E-state index is 13.9. The van der Waals surface area contributed by atoms with Gasteiger partial charge < -0.3 is 73.8 Å². The van der Waals surface area contributed by atoms with Gasteiger partial charge in [-0.15, -0.1) is 0 Å². The molecule has 0 aromatic carbocycles. The number of nitrogens with one attached hydrogen (secondary N) is 9. The lowest BCUT2D eigenvalue weighted by atomic mass is 10.0. The zero-order chi connectivity index (χ0) is 50.3. The fourth-order valence-corrected chi connectivity index (χ4v) is 6.84. The minimum Gasteiger partial charge on any atom is -0.480 e. The van der Waals surface area contributed by atoms with E-state index >= 15 is 0 Å². The molecule has 1 rings (SSSR count). The molecule has 0 aromatic heterocycles. The third-order valence-electron chi connectivity index (χ3n) is 9.90. The summed E-state index contributed by atoms with van der Waals surface area (Å²) in [5, 5.41) is 49.4. The number of hydrogen-bond donors (Lipinski definition) is 13. The van der Waals surface area contributed by atoms with Gasteiger partial charge in [0, 0.05) is 6.54 Å². The van der Waals surface area contributed by atoms with E-state index in [2.05, 4.69) is 47.9 Å². The normalized spacial score (nSPS) is 16.5. The van der Waals surface area contributed by atoms with Crippen LogP contribution in [0.3, 0.4) is 0 Å². The van der Waals surface area contributed by atoms with Crippen molar-refractivity contribution in [1.29, 1.82) is 0 Å². The van der Waals surface area contributed by atoms with Crippen LogP contribution in [0.4, 0.5) is 0 Å². The highest BCUT2D eigenvalue weighted by atomic mass is 32.2. The smallest absolute Gasteiger partial charge is 0.326 e. The van der Waals surface area contributed by atoms with Crippen molar-refractivity contribution in [1.82, 2.24) is 52.8 Å². The van der Waals surface area contributed by atoms with E-state index in [4.69, 9.17) is 10.8 Å². The van der Waals surface area contributed by atoms with E-state index in [1.54, 1.807) is 34.0 Å². The quantitative estimate of drug-likeness (QED) is 0.0333.